The number of methoxy groups -OCH3 is 1. The molecule has 0 radical (unpaired) electrons. The van der Waals surface area contributed by atoms with Crippen molar-refractivity contribution in [1.29, 1.82) is 0 Å². The lowest BCUT2D eigenvalue weighted by Gasteiger charge is -2.26. The van der Waals surface area contributed by atoms with Crippen LogP contribution in [0.15, 0.2) is 24.3 Å². The molecule has 0 saturated heterocycles. The third-order valence-electron chi connectivity index (χ3n) is 2.61. The molecule has 1 aromatic carbocycles. The molecule has 0 aliphatic heterocycles. The molecule has 6 nitrogen and oxygen atoms in total. The molecular weight excluding hydrogens is 257 g/mol. The lowest BCUT2D eigenvalue weighted by molar-refractivity contribution is -0.145. The van der Waals surface area contributed by atoms with Crippen LogP contribution in [-0.2, 0) is 16.0 Å². The molecule has 0 bridgehead atoms. The molecule has 1 aromatic rings. The summed E-state index contributed by atoms with van der Waals surface area (Å²) in [5, 5.41) is 20.2. The Morgan fingerprint density at radius 1 is 1.37 bits per heavy atom. The average Bonchev–Trinajstić information content (AvgIpc) is 2.40. The van der Waals surface area contributed by atoms with E-state index in [1.165, 1.54) is 24.3 Å². The number of hydrogen-bond donors (Lipinski definition) is 3. The number of hydrogen-bond acceptors (Lipinski definition) is 4. The fraction of sp³-hybridized carbons (Fsp3) is 0.333. The van der Waals surface area contributed by atoms with Crippen molar-refractivity contribution in [2.45, 2.75) is 12.0 Å². The summed E-state index contributed by atoms with van der Waals surface area (Å²) in [6, 6.07) is 5.58. The Labute approximate surface area is 108 Å². The first-order valence-corrected chi connectivity index (χ1v) is 5.37. The van der Waals surface area contributed by atoms with Crippen molar-refractivity contribution in [3.05, 3.63) is 29.8 Å². The van der Waals surface area contributed by atoms with Crippen molar-refractivity contribution in [3.63, 3.8) is 0 Å². The van der Waals surface area contributed by atoms with Crippen molar-refractivity contribution < 1.29 is 28.9 Å². The van der Waals surface area contributed by atoms with Crippen LogP contribution in [0.3, 0.4) is 0 Å². The number of rotatable bonds is 5. The summed E-state index contributed by atoms with van der Waals surface area (Å²) in [7, 11) is 1.06. The Kier molecular flexibility index (Phi) is 4.68. The van der Waals surface area contributed by atoms with E-state index in [4.69, 9.17) is 10.2 Å². The number of alkyl carbamates (subject to hydrolysis) is 1. The summed E-state index contributed by atoms with van der Waals surface area (Å²) < 4.78 is 17.4. The predicted molar refractivity (Wildman–Crippen MR) is 63.7 cm³/mol. The zero-order chi connectivity index (χ0) is 14.5. The van der Waals surface area contributed by atoms with Gasteiger partial charge in [0.25, 0.3) is 0 Å². The summed E-state index contributed by atoms with van der Waals surface area (Å²) >= 11 is 0. The molecule has 19 heavy (non-hydrogen) atoms. The van der Waals surface area contributed by atoms with Crippen LogP contribution in [0.5, 0.6) is 5.75 Å². The number of halogens is 1. The molecule has 1 rings (SSSR count). The minimum Gasteiger partial charge on any atom is -0.508 e. The Balaban J connectivity index is 2.99. The highest BCUT2D eigenvalue weighted by Crippen LogP contribution is 2.18. The first kappa shape index (κ1) is 14.7. The average molecular weight is 271 g/mol. The molecule has 3 N–H and O–H groups in total. The molecule has 0 aliphatic carbocycles. The van der Waals surface area contributed by atoms with Gasteiger partial charge in [0.15, 0.2) is 5.54 Å². The summed E-state index contributed by atoms with van der Waals surface area (Å²) in [6.45, 7) is -1.29. The van der Waals surface area contributed by atoms with Gasteiger partial charge in [-0.15, -0.1) is 0 Å². The molecule has 1 unspecified atom stereocenters. The van der Waals surface area contributed by atoms with E-state index >= 15 is 0 Å². The highest BCUT2D eigenvalue weighted by atomic mass is 19.1. The number of alkyl halides is 1. The normalized spacial score (nSPS) is 13.4. The number of ether oxygens (including phenoxy) is 1. The molecule has 0 saturated carbocycles. The number of benzene rings is 1. The van der Waals surface area contributed by atoms with Gasteiger partial charge in [0.1, 0.15) is 12.4 Å². The molecule has 7 heteroatoms. The fourth-order valence-electron chi connectivity index (χ4n) is 1.52. The second-order valence-corrected chi connectivity index (χ2v) is 3.98. The number of carboxylic acids is 1. The van der Waals surface area contributed by atoms with E-state index in [2.05, 4.69) is 4.74 Å². The molecular formula is C12H14FNO5. The third-order valence-corrected chi connectivity index (χ3v) is 2.61. The van der Waals surface area contributed by atoms with Crippen LogP contribution in [0.2, 0.25) is 0 Å². The molecule has 0 aromatic heterocycles. The van der Waals surface area contributed by atoms with Crippen LogP contribution in [0, 0.1) is 0 Å². The Hall–Kier alpha value is -2.31. The van der Waals surface area contributed by atoms with Crippen LogP contribution in [0.4, 0.5) is 9.18 Å². The minimum absolute atomic E-state index is 0.00542. The number of carbonyl (C=O) groups is 2. The number of aliphatic carboxylic acids is 1. The summed E-state index contributed by atoms with van der Waals surface area (Å²) in [6.07, 6.45) is -1.30. The first-order valence-electron chi connectivity index (χ1n) is 5.37. The van der Waals surface area contributed by atoms with E-state index in [-0.39, 0.29) is 12.2 Å². The first-order chi connectivity index (χ1) is 8.93. The van der Waals surface area contributed by atoms with Gasteiger partial charge in [0, 0.05) is 6.42 Å². The molecule has 0 fully saturated rings. The fourth-order valence-corrected chi connectivity index (χ4v) is 1.52. The molecule has 104 valence electrons. The highest BCUT2D eigenvalue weighted by molar-refractivity contribution is 5.85. The van der Waals surface area contributed by atoms with Crippen molar-refractivity contribution >= 4 is 12.1 Å². The van der Waals surface area contributed by atoms with Gasteiger partial charge in [0.2, 0.25) is 0 Å². The zero-order valence-electron chi connectivity index (χ0n) is 10.2. The smallest absolute Gasteiger partial charge is 0.407 e. The minimum atomic E-state index is -2.09. The van der Waals surface area contributed by atoms with E-state index in [0.29, 0.717) is 5.56 Å². The quantitative estimate of drug-likeness (QED) is 0.744. The predicted octanol–water partition coefficient (Wildman–Crippen LogP) is 1.08. The van der Waals surface area contributed by atoms with Crippen molar-refractivity contribution in [2.75, 3.05) is 13.8 Å². The zero-order valence-corrected chi connectivity index (χ0v) is 10.2. The van der Waals surface area contributed by atoms with Gasteiger partial charge >= 0.3 is 12.1 Å². The van der Waals surface area contributed by atoms with Crippen molar-refractivity contribution in [1.82, 2.24) is 5.32 Å². The van der Waals surface area contributed by atoms with Gasteiger partial charge in [0.05, 0.1) is 7.11 Å². The van der Waals surface area contributed by atoms with Gasteiger partial charge in [-0.1, -0.05) is 12.1 Å². The number of carboxylic acid groups (broad SMARTS) is 1. The molecule has 0 aliphatic rings. The molecule has 0 spiro atoms. The van der Waals surface area contributed by atoms with E-state index < -0.39 is 24.3 Å². The molecule has 1 amide bonds. The van der Waals surface area contributed by atoms with Crippen LogP contribution in [-0.4, -0.2) is 41.6 Å². The van der Waals surface area contributed by atoms with Gasteiger partial charge in [-0.25, -0.2) is 14.0 Å². The number of aromatic hydroxyl groups is 1. The number of carbonyl (C=O) groups excluding carboxylic acids is 1. The van der Waals surface area contributed by atoms with E-state index in [0.717, 1.165) is 7.11 Å². The van der Waals surface area contributed by atoms with Gasteiger partial charge in [-0.2, -0.15) is 0 Å². The molecule has 0 heterocycles. The SMILES string of the molecule is COC(=O)NC(CF)(Cc1ccc(O)cc1)C(=O)O. The lowest BCUT2D eigenvalue weighted by Crippen LogP contribution is -2.58. The number of nitrogens with one attached hydrogen (secondary N) is 1. The van der Waals surface area contributed by atoms with Crippen LogP contribution < -0.4 is 5.32 Å². The topological polar surface area (TPSA) is 95.9 Å². The second kappa shape index (κ2) is 6.03. The summed E-state index contributed by atoms with van der Waals surface area (Å²) in [5.41, 5.74) is -1.64. The highest BCUT2D eigenvalue weighted by Gasteiger charge is 2.41. The van der Waals surface area contributed by atoms with Crippen molar-refractivity contribution in [3.8, 4) is 5.75 Å². The van der Waals surface area contributed by atoms with Crippen molar-refractivity contribution in [2.24, 2.45) is 0 Å². The Bertz CT molecular complexity index is 462. The number of amides is 1. The Morgan fingerprint density at radius 3 is 2.37 bits per heavy atom. The van der Waals surface area contributed by atoms with Gasteiger partial charge in [-0.05, 0) is 17.7 Å². The van der Waals surface area contributed by atoms with E-state index in [1.54, 1.807) is 0 Å². The summed E-state index contributed by atoms with van der Waals surface area (Å²) in [4.78, 5) is 22.3. The van der Waals surface area contributed by atoms with Crippen LogP contribution >= 0.6 is 0 Å². The van der Waals surface area contributed by atoms with Gasteiger partial charge < -0.3 is 20.3 Å². The maximum atomic E-state index is 13.1. The third kappa shape index (κ3) is 3.57. The maximum absolute atomic E-state index is 13.1. The second-order valence-electron chi connectivity index (χ2n) is 3.98. The number of phenols is 1. The Morgan fingerprint density at radius 2 is 1.95 bits per heavy atom. The summed E-state index contributed by atoms with van der Waals surface area (Å²) in [5.74, 6) is -1.50. The lowest BCUT2D eigenvalue weighted by atomic mass is 9.92. The number of phenolic OH excluding ortho intramolecular Hbond substituents is 1. The van der Waals surface area contributed by atoms with Crippen LogP contribution in [0.25, 0.3) is 0 Å². The maximum Gasteiger partial charge on any atom is 0.407 e. The monoisotopic (exact) mass is 271 g/mol. The standard InChI is InChI=1S/C12H14FNO5/c1-19-11(18)14-12(7-13,10(16)17)6-8-2-4-9(15)5-3-8/h2-5,15H,6-7H2,1H3,(H,14,18)(H,16,17). The van der Waals surface area contributed by atoms with Crippen LogP contribution in [0.1, 0.15) is 5.56 Å². The largest absolute Gasteiger partial charge is 0.508 e. The van der Waals surface area contributed by atoms with Gasteiger partial charge in [-0.3, -0.25) is 0 Å². The molecule has 1 atom stereocenters. The van der Waals surface area contributed by atoms with E-state index in [1.807, 2.05) is 5.32 Å². The van der Waals surface area contributed by atoms with E-state index in [9.17, 15) is 14.0 Å².